The second kappa shape index (κ2) is 9.36. The first-order valence-electron chi connectivity index (χ1n) is 8.13. The minimum Gasteiger partial charge on any atom is -0.480 e. The lowest BCUT2D eigenvalue weighted by Crippen LogP contribution is -2.49. The van der Waals surface area contributed by atoms with Crippen molar-refractivity contribution in [2.24, 2.45) is 0 Å². The minimum atomic E-state index is -1.04. The molecule has 0 saturated carbocycles. The Kier molecular flexibility index (Phi) is 7.17. The number of hydrogen-bond acceptors (Lipinski definition) is 5. The zero-order chi connectivity index (χ0) is 18.2. The lowest BCUT2D eigenvalue weighted by Gasteiger charge is -2.24. The van der Waals surface area contributed by atoms with Crippen LogP contribution in [0.4, 0.5) is 4.79 Å². The smallest absolute Gasteiger partial charge is 0.326 e. The SMILES string of the molecule is CSCC[C@@H](NC(=O)N1CCCN(C(=O)c2ccco2)CC1)C(=O)O. The Morgan fingerprint density at radius 2 is 2.00 bits per heavy atom. The van der Waals surface area contributed by atoms with Gasteiger partial charge in [-0.15, -0.1) is 0 Å². The largest absolute Gasteiger partial charge is 0.480 e. The lowest BCUT2D eigenvalue weighted by atomic mass is 10.2. The third kappa shape index (κ3) is 5.42. The monoisotopic (exact) mass is 369 g/mol. The number of carbonyl (C=O) groups excluding carboxylic acids is 2. The number of carboxylic acids is 1. The Balaban J connectivity index is 1.89. The van der Waals surface area contributed by atoms with E-state index >= 15 is 0 Å². The van der Waals surface area contributed by atoms with E-state index in [1.54, 1.807) is 21.9 Å². The number of carbonyl (C=O) groups is 3. The highest BCUT2D eigenvalue weighted by Gasteiger charge is 2.26. The third-order valence-electron chi connectivity index (χ3n) is 4.01. The van der Waals surface area contributed by atoms with Crippen LogP contribution in [0, 0.1) is 0 Å². The van der Waals surface area contributed by atoms with E-state index in [9.17, 15) is 19.5 Å². The molecule has 0 aromatic carbocycles. The maximum absolute atomic E-state index is 12.4. The molecule has 0 aliphatic carbocycles. The Morgan fingerprint density at radius 1 is 1.28 bits per heavy atom. The average Bonchev–Trinajstić information content (AvgIpc) is 3.01. The molecule has 2 heterocycles. The fraction of sp³-hybridized carbons (Fsp3) is 0.562. The molecule has 2 N–H and O–H groups in total. The molecule has 3 amide bonds. The molecule has 1 fully saturated rings. The maximum atomic E-state index is 12.4. The highest BCUT2D eigenvalue weighted by Crippen LogP contribution is 2.10. The molecule has 1 aromatic rings. The second-order valence-corrected chi connectivity index (χ2v) is 6.72. The summed E-state index contributed by atoms with van der Waals surface area (Å²) in [6, 6.07) is 1.97. The van der Waals surface area contributed by atoms with Crippen LogP contribution >= 0.6 is 11.8 Å². The van der Waals surface area contributed by atoms with Crippen molar-refractivity contribution in [3.05, 3.63) is 24.2 Å². The molecule has 0 bridgehead atoms. The summed E-state index contributed by atoms with van der Waals surface area (Å²) in [6.45, 7) is 1.74. The first-order chi connectivity index (χ1) is 12.0. The maximum Gasteiger partial charge on any atom is 0.326 e. The Bertz CT molecular complexity index is 593. The molecule has 0 radical (unpaired) electrons. The van der Waals surface area contributed by atoms with Crippen molar-refractivity contribution in [2.45, 2.75) is 18.9 Å². The van der Waals surface area contributed by atoms with Gasteiger partial charge in [-0.1, -0.05) is 0 Å². The van der Waals surface area contributed by atoms with Gasteiger partial charge in [0.2, 0.25) is 0 Å². The highest BCUT2D eigenvalue weighted by molar-refractivity contribution is 7.98. The van der Waals surface area contributed by atoms with Gasteiger partial charge in [-0.3, -0.25) is 4.79 Å². The van der Waals surface area contributed by atoms with Crippen LogP contribution in [0.25, 0.3) is 0 Å². The van der Waals surface area contributed by atoms with Crippen LogP contribution in [0.2, 0.25) is 0 Å². The van der Waals surface area contributed by atoms with E-state index < -0.39 is 18.0 Å². The molecule has 138 valence electrons. The molecule has 1 saturated heterocycles. The van der Waals surface area contributed by atoms with Gasteiger partial charge in [-0.25, -0.2) is 9.59 Å². The number of hydrogen-bond donors (Lipinski definition) is 2. The van der Waals surface area contributed by atoms with Crippen LogP contribution in [0.15, 0.2) is 22.8 Å². The van der Waals surface area contributed by atoms with Gasteiger partial charge in [0, 0.05) is 26.2 Å². The quantitative estimate of drug-likeness (QED) is 0.784. The molecule has 2 rings (SSSR count). The van der Waals surface area contributed by atoms with Crippen molar-refractivity contribution in [1.29, 1.82) is 0 Å². The number of furan rings is 1. The van der Waals surface area contributed by atoms with Crippen LogP contribution < -0.4 is 5.32 Å². The number of urea groups is 1. The van der Waals surface area contributed by atoms with Crippen molar-refractivity contribution in [3.63, 3.8) is 0 Å². The van der Waals surface area contributed by atoms with Crippen LogP contribution in [0.1, 0.15) is 23.4 Å². The molecule has 1 aliphatic rings. The summed E-state index contributed by atoms with van der Waals surface area (Å²) in [5.41, 5.74) is 0. The summed E-state index contributed by atoms with van der Waals surface area (Å²) in [5.74, 6) is -0.300. The highest BCUT2D eigenvalue weighted by atomic mass is 32.2. The predicted molar refractivity (Wildman–Crippen MR) is 93.8 cm³/mol. The number of carboxylic acid groups (broad SMARTS) is 1. The molecular weight excluding hydrogens is 346 g/mol. The molecule has 1 aliphatic heterocycles. The zero-order valence-corrected chi connectivity index (χ0v) is 15.0. The number of nitrogens with one attached hydrogen (secondary N) is 1. The summed E-state index contributed by atoms with van der Waals surface area (Å²) in [4.78, 5) is 39.1. The van der Waals surface area contributed by atoms with Crippen LogP contribution in [-0.4, -0.2) is 77.0 Å². The van der Waals surface area contributed by atoms with Gasteiger partial charge in [0.15, 0.2) is 5.76 Å². The fourth-order valence-electron chi connectivity index (χ4n) is 2.61. The third-order valence-corrected chi connectivity index (χ3v) is 4.65. The van der Waals surface area contributed by atoms with Gasteiger partial charge >= 0.3 is 12.0 Å². The fourth-order valence-corrected chi connectivity index (χ4v) is 3.08. The van der Waals surface area contributed by atoms with Gasteiger partial charge in [-0.2, -0.15) is 11.8 Å². The average molecular weight is 369 g/mol. The lowest BCUT2D eigenvalue weighted by molar-refractivity contribution is -0.139. The summed E-state index contributed by atoms with van der Waals surface area (Å²) in [7, 11) is 0. The number of rotatable bonds is 6. The summed E-state index contributed by atoms with van der Waals surface area (Å²) in [6.07, 6.45) is 4.34. The summed E-state index contributed by atoms with van der Waals surface area (Å²) < 4.78 is 5.13. The van der Waals surface area contributed by atoms with Gasteiger partial charge in [-0.05, 0) is 37.0 Å². The first kappa shape index (κ1) is 19.2. The van der Waals surface area contributed by atoms with Gasteiger partial charge < -0.3 is 24.6 Å². The molecule has 1 aromatic heterocycles. The Morgan fingerprint density at radius 3 is 2.64 bits per heavy atom. The van der Waals surface area contributed by atoms with E-state index in [4.69, 9.17) is 4.42 Å². The number of amides is 3. The van der Waals surface area contributed by atoms with E-state index in [-0.39, 0.29) is 11.7 Å². The van der Waals surface area contributed by atoms with Crippen molar-refractivity contribution in [1.82, 2.24) is 15.1 Å². The molecule has 0 unspecified atom stereocenters. The first-order valence-corrected chi connectivity index (χ1v) is 9.52. The molecule has 25 heavy (non-hydrogen) atoms. The van der Waals surface area contributed by atoms with E-state index in [0.717, 1.165) is 0 Å². The Hall–Kier alpha value is -2.16. The molecule has 8 nitrogen and oxygen atoms in total. The van der Waals surface area contributed by atoms with E-state index in [2.05, 4.69) is 5.32 Å². The number of aliphatic carboxylic acids is 1. The van der Waals surface area contributed by atoms with Crippen LogP contribution in [0.3, 0.4) is 0 Å². The van der Waals surface area contributed by atoms with E-state index in [1.807, 2.05) is 6.26 Å². The van der Waals surface area contributed by atoms with Crippen molar-refractivity contribution >= 4 is 29.7 Å². The molecule has 0 spiro atoms. The van der Waals surface area contributed by atoms with Crippen molar-refractivity contribution in [3.8, 4) is 0 Å². The van der Waals surface area contributed by atoms with E-state index in [1.165, 1.54) is 18.0 Å². The number of thioether (sulfide) groups is 1. The topological polar surface area (TPSA) is 103 Å². The van der Waals surface area contributed by atoms with Crippen molar-refractivity contribution in [2.75, 3.05) is 38.2 Å². The molecular formula is C16H23N3O5S. The predicted octanol–water partition coefficient (Wildman–Crippen LogP) is 1.34. The van der Waals surface area contributed by atoms with Gasteiger partial charge in [0.1, 0.15) is 6.04 Å². The van der Waals surface area contributed by atoms with Crippen LogP contribution in [-0.2, 0) is 4.79 Å². The van der Waals surface area contributed by atoms with Gasteiger partial charge in [0.25, 0.3) is 5.91 Å². The standard InChI is InChI=1S/C16H23N3O5S/c1-25-11-5-12(15(21)22)17-16(23)19-7-3-6-18(8-9-19)14(20)13-4-2-10-24-13/h2,4,10,12H,3,5-9,11H2,1H3,(H,17,23)(H,21,22)/t12-/m1/s1. The van der Waals surface area contributed by atoms with Gasteiger partial charge in [0.05, 0.1) is 6.26 Å². The zero-order valence-electron chi connectivity index (χ0n) is 14.1. The summed E-state index contributed by atoms with van der Waals surface area (Å²) >= 11 is 1.53. The normalized spacial score (nSPS) is 16.2. The van der Waals surface area contributed by atoms with Crippen LogP contribution in [0.5, 0.6) is 0 Å². The summed E-state index contributed by atoms with van der Waals surface area (Å²) in [5, 5.41) is 11.8. The number of nitrogens with zero attached hydrogens (tertiary/aromatic N) is 2. The van der Waals surface area contributed by atoms with Crippen molar-refractivity contribution < 1.29 is 23.9 Å². The molecule has 1 atom stereocenters. The minimum absolute atomic E-state index is 0.198. The van der Waals surface area contributed by atoms with E-state index in [0.29, 0.717) is 44.8 Å². The molecule has 9 heteroatoms. The second-order valence-electron chi connectivity index (χ2n) is 5.73. The Labute approximate surface area is 150 Å².